The molecule has 0 aromatic carbocycles. The van der Waals surface area contributed by atoms with Crippen molar-refractivity contribution in [3.63, 3.8) is 0 Å². The second-order valence-corrected chi connectivity index (χ2v) is 3.50. The van der Waals surface area contributed by atoms with Crippen LogP contribution in [0.4, 0.5) is 0 Å². The molecule has 0 spiro atoms. The summed E-state index contributed by atoms with van der Waals surface area (Å²) >= 11 is 0. The molecule has 0 aromatic heterocycles. The zero-order valence-electron chi connectivity index (χ0n) is 8.76. The van der Waals surface area contributed by atoms with Gasteiger partial charge < -0.3 is 5.32 Å². The van der Waals surface area contributed by atoms with E-state index in [2.05, 4.69) is 10.6 Å². The first kappa shape index (κ1) is 12.3. The molecule has 2 N–H and O–H groups in total. The standard InChI is InChI=1S/C8H19N3O2/c1-5-8(3,11(12)13)6-10-7(2)9-4/h7,9-10H,5-6H2,1-4H3. The Morgan fingerprint density at radius 2 is 2.15 bits per heavy atom. The number of hydrogen-bond acceptors (Lipinski definition) is 4. The van der Waals surface area contributed by atoms with Gasteiger partial charge >= 0.3 is 0 Å². The van der Waals surface area contributed by atoms with Crippen LogP contribution < -0.4 is 10.6 Å². The van der Waals surface area contributed by atoms with Gasteiger partial charge in [-0.05, 0) is 14.0 Å². The van der Waals surface area contributed by atoms with Crippen LogP contribution in [0.25, 0.3) is 0 Å². The van der Waals surface area contributed by atoms with Gasteiger partial charge in [0.05, 0.1) is 12.7 Å². The molecule has 5 heteroatoms. The number of nitrogens with one attached hydrogen (secondary N) is 2. The lowest BCUT2D eigenvalue weighted by Crippen LogP contribution is -2.49. The molecule has 78 valence electrons. The fraction of sp³-hybridized carbons (Fsp3) is 1.00. The second-order valence-electron chi connectivity index (χ2n) is 3.50. The van der Waals surface area contributed by atoms with Crippen molar-refractivity contribution in [3.05, 3.63) is 10.1 Å². The average Bonchev–Trinajstić information content (AvgIpc) is 2.13. The molecule has 0 saturated carbocycles. The van der Waals surface area contributed by atoms with Gasteiger partial charge in [0.2, 0.25) is 5.54 Å². The Morgan fingerprint density at radius 3 is 2.46 bits per heavy atom. The van der Waals surface area contributed by atoms with Crippen LogP contribution in [-0.4, -0.2) is 30.2 Å². The zero-order chi connectivity index (χ0) is 10.5. The summed E-state index contributed by atoms with van der Waals surface area (Å²) < 4.78 is 0. The van der Waals surface area contributed by atoms with E-state index in [0.717, 1.165) is 0 Å². The van der Waals surface area contributed by atoms with E-state index >= 15 is 0 Å². The van der Waals surface area contributed by atoms with Crippen LogP contribution in [0.15, 0.2) is 0 Å². The van der Waals surface area contributed by atoms with Gasteiger partial charge in [-0.2, -0.15) is 0 Å². The van der Waals surface area contributed by atoms with E-state index in [1.165, 1.54) is 0 Å². The van der Waals surface area contributed by atoms with E-state index in [1.807, 2.05) is 20.9 Å². The first-order chi connectivity index (χ1) is 5.96. The van der Waals surface area contributed by atoms with Crippen LogP contribution in [0.3, 0.4) is 0 Å². The van der Waals surface area contributed by atoms with E-state index in [4.69, 9.17) is 0 Å². The van der Waals surface area contributed by atoms with Gasteiger partial charge in [-0.1, -0.05) is 6.92 Å². The maximum absolute atomic E-state index is 10.7. The molecule has 0 amide bonds. The van der Waals surface area contributed by atoms with Crippen LogP contribution in [0, 0.1) is 10.1 Å². The SMILES string of the molecule is CCC(C)(CNC(C)NC)[N+](=O)[O-]. The zero-order valence-corrected chi connectivity index (χ0v) is 8.76. The molecular weight excluding hydrogens is 170 g/mol. The molecular formula is C8H19N3O2. The monoisotopic (exact) mass is 189 g/mol. The molecule has 5 nitrogen and oxygen atoms in total. The third-order valence-electron chi connectivity index (χ3n) is 2.42. The summed E-state index contributed by atoms with van der Waals surface area (Å²) in [5.74, 6) is 0. The van der Waals surface area contributed by atoms with E-state index in [-0.39, 0.29) is 11.1 Å². The first-order valence-electron chi connectivity index (χ1n) is 4.51. The molecule has 0 aliphatic carbocycles. The fourth-order valence-corrected chi connectivity index (χ4v) is 0.794. The summed E-state index contributed by atoms with van der Waals surface area (Å²) in [5.41, 5.74) is -0.856. The molecule has 2 unspecified atom stereocenters. The van der Waals surface area contributed by atoms with Gasteiger partial charge in [0, 0.05) is 18.3 Å². The van der Waals surface area contributed by atoms with Gasteiger partial charge in [-0.3, -0.25) is 15.4 Å². The molecule has 0 rings (SSSR count). The average molecular weight is 189 g/mol. The van der Waals surface area contributed by atoms with Crippen molar-refractivity contribution in [2.24, 2.45) is 0 Å². The van der Waals surface area contributed by atoms with Crippen molar-refractivity contribution in [3.8, 4) is 0 Å². The van der Waals surface area contributed by atoms with Crippen molar-refractivity contribution < 1.29 is 4.92 Å². The van der Waals surface area contributed by atoms with Gasteiger partial charge in [-0.15, -0.1) is 0 Å². The van der Waals surface area contributed by atoms with E-state index in [0.29, 0.717) is 13.0 Å². The number of nitrogens with zero attached hydrogens (tertiary/aromatic N) is 1. The lowest BCUT2D eigenvalue weighted by molar-refractivity contribution is -0.563. The molecule has 13 heavy (non-hydrogen) atoms. The summed E-state index contributed by atoms with van der Waals surface area (Å²) in [6.07, 6.45) is 0.634. The van der Waals surface area contributed by atoms with Gasteiger partial charge in [0.1, 0.15) is 0 Å². The minimum absolute atomic E-state index is 0.103. The normalized spacial score (nSPS) is 17.8. The predicted octanol–water partition coefficient (Wildman–Crippen LogP) is 0.587. The van der Waals surface area contributed by atoms with E-state index in [9.17, 15) is 10.1 Å². The molecule has 0 fully saturated rings. The molecule has 0 bridgehead atoms. The van der Waals surface area contributed by atoms with Crippen LogP contribution in [-0.2, 0) is 0 Å². The fourth-order valence-electron chi connectivity index (χ4n) is 0.794. The lowest BCUT2D eigenvalue weighted by atomic mass is 10.0. The van der Waals surface area contributed by atoms with Crippen molar-refractivity contribution >= 4 is 0 Å². The molecule has 0 aliphatic heterocycles. The molecule has 2 atom stereocenters. The van der Waals surface area contributed by atoms with Gasteiger partial charge in [0.25, 0.3) is 0 Å². The Morgan fingerprint density at radius 1 is 1.62 bits per heavy atom. The maximum Gasteiger partial charge on any atom is 0.231 e. The molecule has 0 aliphatic rings. The minimum Gasteiger partial charge on any atom is -0.305 e. The smallest absolute Gasteiger partial charge is 0.231 e. The van der Waals surface area contributed by atoms with Crippen molar-refractivity contribution in [2.45, 2.75) is 38.9 Å². The van der Waals surface area contributed by atoms with Crippen molar-refractivity contribution in [1.82, 2.24) is 10.6 Å². The van der Waals surface area contributed by atoms with Crippen molar-refractivity contribution in [1.29, 1.82) is 0 Å². The summed E-state index contributed by atoms with van der Waals surface area (Å²) in [4.78, 5) is 10.5. The first-order valence-corrected chi connectivity index (χ1v) is 4.51. The number of nitro groups is 1. The highest BCUT2D eigenvalue weighted by Gasteiger charge is 2.34. The summed E-state index contributed by atoms with van der Waals surface area (Å²) in [6.45, 7) is 5.80. The lowest BCUT2D eigenvalue weighted by Gasteiger charge is -2.22. The highest BCUT2D eigenvalue weighted by atomic mass is 16.6. The van der Waals surface area contributed by atoms with Crippen LogP contribution >= 0.6 is 0 Å². The second kappa shape index (κ2) is 5.14. The van der Waals surface area contributed by atoms with E-state index < -0.39 is 5.54 Å². The molecule has 0 aromatic rings. The third kappa shape index (κ3) is 3.69. The Hall–Kier alpha value is -0.680. The summed E-state index contributed by atoms with van der Waals surface area (Å²) in [6, 6.07) is 0. The minimum atomic E-state index is -0.856. The summed E-state index contributed by atoms with van der Waals surface area (Å²) in [5, 5.41) is 16.7. The van der Waals surface area contributed by atoms with Gasteiger partial charge in [-0.25, -0.2) is 0 Å². The Balaban J connectivity index is 4.05. The molecule has 0 heterocycles. The van der Waals surface area contributed by atoms with Gasteiger partial charge in [0.15, 0.2) is 0 Å². The number of rotatable bonds is 6. The quantitative estimate of drug-likeness (QED) is 0.364. The maximum atomic E-state index is 10.7. The van der Waals surface area contributed by atoms with Crippen LogP contribution in [0.2, 0.25) is 0 Å². The highest BCUT2D eigenvalue weighted by Crippen LogP contribution is 2.12. The highest BCUT2D eigenvalue weighted by molar-refractivity contribution is 4.75. The Labute approximate surface area is 79.0 Å². The van der Waals surface area contributed by atoms with Crippen molar-refractivity contribution in [2.75, 3.05) is 13.6 Å². The molecule has 0 saturated heterocycles. The number of hydrogen-bond donors (Lipinski definition) is 2. The molecule has 0 radical (unpaired) electrons. The topological polar surface area (TPSA) is 67.2 Å². The van der Waals surface area contributed by atoms with E-state index in [1.54, 1.807) is 6.92 Å². The largest absolute Gasteiger partial charge is 0.305 e. The summed E-state index contributed by atoms with van der Waals surface area (Å²) in [7, 11) is 1.81. The Bertz CT molecular complexity index is 175. The van der Waals surface area contributed by atoms with Crippen LogP contribution in [0.1, 0.15) is 27.2 Å². The third-order valence-corrected chi connectivity index (χ3v) is 2.42. The predicted molar refractivity (Wildman–Crippen MR) is 52.2 cm³/mol. The van der Waals surface area contributed by atoms with Crippen LogP contribution in [0.5, 0.6) is 0 Å². The Kier molecular flexibility index (Phi) is 4.87.